The number of aromatic nitrogens is 2. The van der Waals surface area contributed by atoms with Crippen molar-refractivity contribution < 1.29 is 23.0 Å². The van der Waals surface area contributed by atoms with Gasteiger partial charge >= 0.3 is 6.18 Å². The van der Waals surface area contributed by atoms with Crippen molar-refractivity contribution in [2.75, 3.05) is 44.3 Å². The van der Waals surface area contributed by atoms with E-state index in [1.165, 1.54) is 12.3 Å². The van der Waals surface area contributed by atoms with Gasteiger partial charge in [-0.05, 0) is 64.3 Å². The van der Waals surface area contributed by atoms with E-state index in [0.717, 1.165) is 32.0 Å². The number of rotatable bonds is 8. The summed E-state index contributed by atoms with van der Waals surface area (Å²) >= 11 is 0. The van der Waals surface area contributed by atoms with Crippen molar-refractivity contribution in [3.63, 3.8) is 0 Å². The number of pyridine rings is 2. The number of hydrogen-bond donors (Lipinski definition) is 3. The summed E-state index contributed by atoms with van der Waals surface area (Å²) in [6.07, 6.45) is -1.02. The number of nitriles is 1. The van der Waals surface area contributed by atoms with E-state index in [-0.39, 0.29) is 29.2 Å². The van der Waals surface area contributed by atoms with Gasteiger partial charge in [0, 0.05) is 25.4 Å². The summed E-state index contributed by atoms with van der Waals surface area (Å²) in [5.41, 5.74) is 4.74. The highest BCUT2D eigenvalue weighted by molar-refractivity contribution is 5.77. The summed E-state index contributed by atoms with van der Waals surface area (Å²) in [4.78, 5) is 10.2. The molecule has 1 fully saturated rings. The number of nitrogens with two attached hydrogens (primary N) is 1. The molecular weight excluding hydrogens is 461 g/mol. The normalized spacial score (nSPS) is 15.6. The van der Waals surface area contributed by atoms with Gasteiger partial charge in [0.05, 0.1) is 29.3 Å². The van der Waals surface area contributed by atoms with Crippen LogP contribution in [0.3, 0.4) is 0 Å². The van der Waals surface area contributed by atoms with E-state index in [0.29, 0.717) is 24.6 Å². The van der Waals surface area contributed by atoms with Crippen molar-refractivity contribution >= 4 is 11.4 Å². The molecule has 0 aliphatic carbocycles. The summed E-state index contributed by atoms with van der Waals surface area (Å²) < 4.78 is 46.9. The highest BCUT2D eigenvalue weighted by atomic mass is 19.4. The van der Waals surface area contributed by atoms with E-state index >= 15 is 0 Å². The van der Waals surface area contributed by atoms with Gasteiger partial charge in [0.15, 0.2) is 5.69 Å². The average molecular weight is 493 g/mol. The number of aliphatic hydroxyl groups is 1. The molecule has 3 heterocycles. The molecule has 11 heteroatoms. The molecule has 0 aromatic carbocycles. The van der Waals surface area contributed by atoms with Gasteiger partial charge in [-0.1, -0.05) is 0 Å². The quantitative estimate of drug-likeness (QED) is 0.507. The number of halogens is 3. The van der Waals surface area contributed by atoms with Gasteiger partial charge in [0.2, 0.25) is 5.88 Å². The van der Waals surface area contributed by atoms with Crippen LogP contribution in [0.1, 0.15) is 44.4 Å². The second-order valence-electron chi connectivity index (χ2n) is 9.42. The second kappa shape index (κ2) is 10.7. The van der Waals surface area contributed by atoms with Gasteiger partial charge in [0.1, 0.15) is 11.6 Å². The summed E-state index contributed by atoms with van der Waals surface area (Å²) in [6.45, 7) is 5.93. The van der Waals surface area contributed by atoms with Gasteiger partial charge in [-0.2, -0.15) is 18.4 Å². The standard InChI is InChI=1S/C24H31F3N6O2/c1-23(2,34)14-33-7-4-15(5-8-33)6-9-35-22-17(24(25,26)27)10-16(13-31-22)18-11-19(30-3)21(29)20(12-28)32-18/h10-11,13,15,34H,4-9,14,29H2,1-3H3,(H,30,32). The van der Waals surface area contributed by atoms with E-state index < -0.39 is 23.2 Å². The molecule has 0 amide bonds. The minimum absolute atomic E-state index is 0.0886. The fourth-order valence-electron chi connectivity index (χ4n) is 4.21. The maximum Gasteiger partial charge on any atom is 0.421 e. The monoisotopic (exact) mass is 492 g/mol. The van der Waals surface area contributed by atoms with Crippen LogP contribution in [0.25, 0.3) is 11.3 Å². The zero-order valence-corrected chi connectivity index (χ0v) is 20.1. The molecule has 2 aromatic heterocycles. The van der Waals surface area contributed by atoms with E-state index in [4.69, 9.17) is 10.5 Å². The molecular formula is C24H31F3N6O2. The smallest absolute Gasteiger partial charge is 0.421 e. The van der Waals surface area contributed by atoms with Crippen LogP contribution >= 0.6 is 0 Å². The first-order valence-corrected chi connectivity index (χ1v) is 11.4. The molecule has 0 bridgehead atoms. The third-order valence-electron chi connectivity index (χ3n) is 5.97. The maximum absolute atomic E-state index is 13.8. The van der Waals surface area contributed by atoms with Crippen molar-refractivity contribution in [3.05, 3.63) is 29.6 Å². The zero-order valence-electron chi connectivity index (χ0n) is 20.1. The third-order valence-corrected chi connectivity index (χ3v) is 5.97. The number of hydrogen-bond acceptors (Lipinski definition) is 8. The summed E-state index contributed by atoms with van der Waals surface area (Å²) in [6, 6.07) is 4.25. The molecule has 0 atom stereocenters. The molecule has 4 N–H and O–H groups in total. The lowest BCUT2D eigenvalue weighted by Crippen LogP contribution is -2.43. The van der Waals surface area contributed by atoms with E-state index in [9.17, 15) is 23.5 Å². The van der Waals surface area contributed by atoms with Gasteiger partial charge in [-0.25, -0.2) is 9.97 Å². The topological polar surface area (TPSA) is 120 Å². The number of nitrogen functional groups attached to an aromatic ring is 1. The van der Waals surface area contributed by atoms with Crippen LogP contribution in [0, 0.1) is 17.2 Å². The molecule has 1 aliphatic rings. The van der Waals surface area contributed by atoms with Crippen LogP contribution in [-0.2, 0) is 6.18 Å². The van der Waals surface area contributed by atoms with Crippen LogP contribution in [0.2, 0.25) is 0 Å². The number of likely N-dealkylation sites (tertiary alicyclic amines) is 1. The van der Waals surface area contributed by atoms with Gasteiger partial charge in [-0.15, -0.1) is 0 Å². The molecule has 0 saturated carbocycles. The molecule has 2 aromatic rings. The highest BCUT2D eigenvalue weighted by Gasteiger charge is 2.36. The first-order valence-electron chi connectivity index (χ1n) is 11.4. The predicted molar refractivity (Wildman–Crippen MR) is 127 cm³/mol. The molecule has 0 unspecified atom stereocenters. The Balaban J connectivity index is 1.70. The number of β-amino-alcohol motifs (C(OH)–C–C–N with tert-alkyl or cyclic N) is 1. The molecule has 190 valence electrons. The molecule has 3 rings (SSSR count). The maximum atomic E-state index is 13.8. The largest absolute Gasteiger partial charge is 0.477 e. The molecule has 8 nitrogen and oxygen atoms in total. The number of nitrogens with one attached hydrogen (secondary N) is 1. The Morgan fingerprint density at radius 1 is 1.29 bits per heavy atom. The highest BCUT2D eigenvalue weighted by Crippen LogP contribution is 2.38. The minimum Gasteiger partial charge on any atom is -0.477 e. The second-order valence-corrected chi connectivity index (χ2v) is 9.42. The molecule has 0 spiro atoms. The average Bonchev–Trinajstić information content (AvgIpc) is 2.79. The van der Waals surface area contributed by atoms with Crippen LogP contribution in [0.4, 0.5) is 24.5 Å². The lowest BCUT2D eigenvalue weighted by Gasteiger charge is -2.35. The minimum atomic E-state index is -4.68. The number of alkyl halides is 3. The van der Waals surface area contributed by atoms with E-state index in [1.807, 2.05) is 6.07 Å². The lowest BCUT2D eigenvalue weighted by atomic mass is 9.93. The van der Waals surface area contributed by atoms with Gasteiger partial charge in [-0.3, -0.25) is 0 Å². The first-order chi connectivity index (χ1) is 16.4. The van der Waals surface area contributed by atoms with Crippen molar-refractivity contribution in [1.29, 1.82) is 5.26 Å². The lowest BCUT2D eigenvalue weighted by molar-refractivity contribution is -0.139. The zero-order chi connectivity index (χ0) is 25.8. The van der Waals surface area contributed by atoms with Crippen molar-refractivity contribution in [1.82, 2.24) is 14.9 Å². The predicted octanol–water partition coefficient (Wildman–Crippen LogP) is 3.91. The van der Waals surface area contributed by atoms with Crippen LogP contribution in [0.5, 0.6) is 5.88 Å². The number of anilines is 2. The van der Waals surface area contributed by atoms with Crippen molar-refractivity contribution in [2.24, 2.45) is 5.92 Å². The number of ether oxygens (including phenoxy) is 1. The fraction of sp³-hybridized carbons (Fsp3) is 0.542. The molecule has 1 saturated heterocycles. The third kappa shape index (κ3) is 6.96. The summed E-state index contributed by atoms with van der Waals surface area (Å²) in [5, 5.41) is 22.0. The Morgan fingerprint density at radius 3 is 2.54 bits per heavy atom. The Bertz CT molecular complexity index is 1070. The van der Waals surface area contributed by atoms with E-state index in [1.54, 1.807) is 20.9 Å². The Labute approximate surface area is 202 Å². The first kappa shape index (κ1) is 26.5. The summed E-state index contributed by atoms with van der Waals surface area (Å²) in [5.74, 6) is -0.143. The number of nitrogens with zero attached hydrogens (tertiary/aromatic N) is 4. The van der Waals surface area contributed by atoms with Gasteiger partial charge in [0.25, 0.3) is 0 Å². The summed E-state index contributed by atoms with van der Waals surface area (Å²) in [7, 11) is 1.59. The Hall–Kier alpha value is -3.10. The van der Waals surface area contributed by atoms with E-state index in [2.05, 4.69) is 20.2 Å². The van der Waals surface area contributed by atoms with Crippen molar-refractivity contribution in [2.45, 2.75) is 44.9 Å². The van der Waals surface area contributed by atoms with Crippen molar-refractivity contribution in [3.8, 4) is 23.2 Å². The molecule has 0 radical (unpaired) electrons. The SMILES string of the molecule is CNc1cc(-c2cnc(OCCC3CCN(CC(C)(C)O)CC3)c(C(F)(F)F)c2)nc(C#N)c1N. The molecule has 35 heavy (non-hydrogen) atoms. The fourth-order valence-corrected chi connectivity index (χ4v) is 4.21. The number of piperidine rings is 1. The molecule has 1 aliphatic heterocycles. The van der Waals surface area contributed by atoms with Crippen LogP contribution in [0.15, 0.2) is 18.3 Å². The van der Waals surface area contributed by atoms with Crippen LogP contribution < -0.4 is 15.8 Å². The van der Waals surface area contributed by atoms with Gasteiger partial charge < -0.3 is 25.8 Å². The Morgan fingerprint density at radius 2 is 1.97 bits per heavy atom. The van der Waals surface area contributed by atoms with Crippen LogP contribution in [-0.4, -0.2) is 58.9 Å². The Kier molecular flexibility index (Phi) is 8.07.